The lowest BCUT2D eigenvalue weighted by molar-refractivity contribution is 0.0692. The molecule has 4 heteroatoms. The zero-order chi connectivity index (χ0) is 12.0. The highest BCUT2D eigenvalue weighted by atomic mass is 16.5. The first-order valence-electron chi connectivity index (χ1n) is 6.07. The molecule has 0 aromatic carbocycles. The van der Waals surface area contributed by atoms with Crippen LogP contribution in [0.4, 0.5) is 0 Å². The van der Waals surface area contributed by atoms with E-state index in [-0.39, 0.29) is 0 Å². The molecule has 0 radical (unpaired) electrons. The number of hydrogen-bond donors (Lipinski definition) is 1. The SMILES string of the molecule is CCN(CC1CCCO1)CC(C)(C#N)NC. The highest BCUT2D eigenvalue weighted by Gasteiger charge is 2.26. The van der Waals surface area contributed by atoms with Crippen LogP contribution in [-0.2, 0) is 4.74 Å². The Morgan fingerprint density at radius 1 is 1.62 bits per heavy atom. The molecular weight excluding hydrogens is 202 g/mol. The molecule has 2 atom stereocenters. The van der Waals surface area contributed by atoms with Crippen LogP contribution < -0.4 is 5.32 Å². The second-order valence-corrected chi connectivity index (χ2v) is 4.66. The van der Waals surface area contributed by atoms with E-state index in [2.05, 4.69) is 23.2 Å². The molecule has 0 amide bonds. The van der Waals surface area contributed by atoms with Gasteiger partial charge in [-0.25, -0.2) is 0 Å². The Morgan fingerprint density at radius 3 is 2.81 bits per heavy atom. The van der Waals surface area contributed by atoms with Gasteiger partial charge in [-0.15, -0.1) is 0 Å². The van der Waals surface area contributed by atoms with Crippen LogP contribution in [0.15, 0.2) is 0 Å². The molecule has 0 aromatic rings. The Bertz CT molecular complexity index is 245. The quantitative estimate of drug-likeness (QED) is 0.732. The minimum absolute atomic E-state index is 0.361. The minimum atomic E-state index is -0.464. The fraction of sp³-hybridized carbons (Fsp3) is 0.917. The number of nitrogens with zero attached hydrogens (tertiary/aromatic N) is 2. The van der Waals surface area contributed by atoms with Gasteiger partial charge in [-0.05, 0) is 33.4 Å². The zero-order valence-electron chi connectivity index (χ0n) is 10.6. The van der Waals surface area contributed by atoms with Crippen molar-refractivity contribution in [3.63, 3.8) is 0 Å². The van der Waals surface area contributed by atoms with E-state index in [0.29, 0.717) is 6.10 Å². The van der Waals surface area contributed by atoms with E-state index in [1.807, 2.05) is 14.0 Å². The first-order valence-corrected chi connectivity index (χ1v) is 6.07. The predicted molar refractivity (Wildman–Crippen MR) is 64.2 cm³/mol. The van der Waals surface area contributed by atoms with Gasteiger partial charge in [0.25, 0.3) is 0 Å². The summed E-state index contributed by atoms with van der Waals surface area (Å²) in [5, 5.41) is 12.2. The zero-order valence-corrected chi connectivity index (χ0v) is 10.6. The van der Waals surface area contributed by atoms with Gasteiger partial charge in [-0.1, -0.05) is 6.92 Å². The largest absolute Gasteiger partial charge is 0.377 e. The predicted octanol–water partition coefficient (Wildman–Crippen LogP) is 0.989. The summed E-state index contributed by atoms with van der Waals surface area (Å²) >= 11 is 0. The molecule has 0 bridgehead atoms. The minimum Gasteiger partial charge on any atom is -0.377 e. The average molecular weight is 225 g/mol. The van der Waals surface area contributed by atoms with Crippen molar-refractivity contribution in [3.05, 3.63) is 0 Å². The van der Waals surface area contributed by atoms with Crippen LogP contribution in [0.5, 0.6) is 0 Å². The van der Waals surface area contributed by atoms with Crippen molar-refractivity contribution in [2.75, 3.05) is 33.3 Å². The monoisotopic (exact) mass is 225 g/mol. The van der Waals surface area contributed by atoms with E-state index in [4.69, 9.17) is 10.00 Å². The first-order chi connectivity index (χ1) is 7.63. The number of nitrogens with one attached hydrogen (secondary N) is 1. The number of rotatable bonds is 6. The smallest absolute Gasteiger partial charge is 0.116 e. The van der Waals surface area contributed by atoms with Gasteiger partial charge < -0.3 is 10.1 Å². The summed E-state index contributed by atoms with van der Waals surface area (Å²) in [7, 11) is 1.84. The molecule has 0 saturated carbocycles. The summed E-state index contributed by atoms with van der Waals surface area (Å²) in [6, 6.07) is 2.32. The molecule has 0 aromatic heterocycles. The second-order valence-electron chi connectivity index (χ2n) is 4.66. The molecule has 1 N–H and O–H groups in total. The van der Waals surface area contributed by atoms with Crippen molar-refractivity contribution >= 4 is 0 Å². The summed E-state index contributed by atoms with van der Waals surface area (Å²) in [6.45, 7) is 7.60. The summed E-state index contributed by atoms with van der Waals surface area (Å²) < 4.78 is 5.62. The third kappa shape index (κ3) is 3.75. The van der Waals surface area contributed by atoms with Gasteiger partial charge in [-0.2, -0.15) is 5.26 Å². The maximum absolute atomic E-state index is 9.12. The average Bonchev–Trinajstić information content (AvgIpc) is 2.80. The molecule has 1 heterocycles. The summed E-state index contributed by atoms with van der Waals surface area (Å²) in [4.78, 5) is 2.29. The van der Waals surface area contributed by atoms with E-state index in [9.17, 15) is 0 Å². The molecule has 0 aliphatic carbocycles. The first kappa shape index (κ1) is 13.4. The molecule has 1 fully saturated rings. The summed E-state index contributed by atoms with van der Waals surface area (Å²) in [6.07, 6.45) is 2.68. The lowest BCUT2D eigenvalue weighted by atomic mass is 10.0. The highest BCUT2D eigenvalue weighted by Crippen LogP contribution is 2.14. The molecule has 0 spiro atoms. The Morgan fingerprint density at radius 2 is 2.38 bits per heavy atom. The van der Waals surface area contributed by atoms with Crippen LogP contribution in [0, 0.1) is 11.3 Å². The molecule has 1 rings (SSSR count). The van der Waals surface area contributed by atoms with Crippen LogP contribution in [-0.4, -0.2) is 49.8 Å². The van der Waals surface area contributed by atoms with Crippen LogP contribution in [0.25, 0.3) is 0 Å². The normalized spacial score (nSPS) is 24.3. The van der Waals surface area contributed by atoms with Gasteiger partial charge in [0.05, 0.1) is 12.2 Å². The van der Waals surface area contributed by atoms with Crippen molar-refractivity contribution < 1.29 is 4.74 Å². The van der Waals surface area contributed by atoms with Gasteiger partial charge in [0.15, 0.2) is 0 Å². The molecule has 92 valence electrons. The Labute approximate surface area is 98.6 Å². The van der Waals surface area contributed by atoms with Crippen molar-refractivity contribution in [2.24, 2.45) is 0 Å². The van der Waals surface area contributed by atoms with Crippen LogP contribution in [0.3, 0.4) is 0 Å². The van der Waals surface area contributed by atoms with E-state index >= 15 is 0 Å². The lowest BCUT2D eigenvalue weighted by Gasteiger charge is -2.31. The fourth-order valence-corrected chi connectivity index (χ4v) is 2.00. The standard InChI is InChI=1S/C12H23N3O/c1-4-15(8-11-6-5-7-16-11)10-12(2,9-13)14-3/h11,14H,4-8,10H2,1-3H3. The van der Waals surface area contributed by atoms with Crippen LogP contribution in [0.1, 0.15) is 26.7 Å². The molecule has 1 aliphatic rings. The van der Waals surface area contributed by atoms with E-state index in [1.165, 1.54) is 6.42 Å². The maximum atomic E-state index is 9.12. The number of likely N-dealkylation sites (N-methyl/N-ethyl adjacent to an activating group) is 2. The fourth-order valence-electron chi connectivity index (χ4n) is 2.00. The molecule has 16 heavy (non-hydrogen) atoms. The summed E-state index contributed by atoms with van der Waals surface area (Å²) in [5.41, 5.74) is -0.464. The van der Waals surface area contributed by atoms with Crippen LogP contribution >= 0.6 is 0 Å². The van der Waals surface area contributed by atoms with Gasteiger partial charge in [0, 0.05) is 19.7 Å². The third-order valence-corrected chi connectivity index (χ3v) is 3.27. The lowest BCUT2D eigenvalue weighted by Crippen LogP contribution is -2.50. The molecular formula is C12H23N3O. The maximum Gasteiger partial charge on any atom is 0.116 e. The van der Waals surface area contributed by atoms with Gasteiger partial charge >= 0.3 is 0 Å². The van der Waals surface area contributed by atoms with Gasteiger partial charge in [0.2, 0.25) is 0 Å². The molecule has 4 nitrogen and oxygen atoms in total. The Kier molecular flexibility index (Phi) is 5.20. The van der Waals surface area contributed by atoms with E-state index in [1.54, 1.807) is 0 Å². The van der Waals surface area contributed by atoms with Crippen molar-refractivity contribution in [3.8, 4) is 6.07 Å². The van der Waals surface area contributed by atoms with Gasteiger partial charge in [-0.3, -0.25) is 4.90 Å². The Balaban J connectivity index is 2.44. The number of ether oxygens (including phenoxy) is 1. The second kappa shape index (κ2) is 6.19. The highest BCUT2D eigenvalue weighted by molar-refractivity contribution is 5.05. The van der Waals surface area contributed by atoms with Gasteiger partial charge in [0.1, 0.15) is 5.54 Å². The van der Waals surface area contributed by atoms with E-state index < -0.39 is 5.54 Å². The number of hydrogen-bond acceptors (Lipinski definition) is 4. The van der Waals surface area contributed by atoms with Crippen molar-refractivity contribution in [1.29, 1.82) is 5.26 Å². The van der Waals surface area contributed by atoms with Crippen molar-refractivity contribution in [2.45, 2.75) is 38.3 Å². The topological polar surface area (TPSA) is 48.3 Å². The third-order valence-electron chi connectivity index (χ3n) is 3.27. The summed E-state index contributed by atoms with van der Waals surface area (Å²) in [5.74, 6) is 0. The molecule has 1 aliphatic heterocycles. The number of nitriles is 1. The molecule has 1 saturated heterocycles. The molecule has 2 unspecified atom stereocenters. The Hall–Kier alpha value is -0.630. The van der Waals surface area contributed by atoms with E-state index in [0.717, 1.165) is 32.7 Å². The van der Waals surface area contributed by atoms with Crippen molar-refractivity contribution in [1.82, 2.24) is 10.2 Å². The van der Waals surface area contributed by atoms with Crippen LogP contribution in [0.2, 0.25) is 0 Å².